The molecule has 7 heteroatoms. The molecule has 0 atom stereocenters. The van der Waals surface area contributed by atoms with Gasteiger partial charge in [-0.3, -0.25) is 0 Å². The van der Waals surface area contributed by atoms with Crippen LogP contribution in [-0.4, -0.2) is 33.5 Å². The van der Waals surface area contributed by atoms with E-state index in [1.807, 2.05) is 0 Å². The molecule has 23 heavy (non-hydrogen) atoms. The van der Waals surface area contributed by atoms with Gasteiger partial charge in [0, 0.05) is 12.1 Å². The third-order valence-corrected chi connectivity index (χ3v) is 2.75. The zero-order valence-corrected chi connectivity index (χ0v) is 14.0. The number of amides is 1. The van der Waals surface area contributed by atoms with Crippen molar-refractivity contribution in [3.8, 4) is 11.5 Å². The lowest BCUT2D eigenvalue weighted by Gasteiger charge is -2.24. The summed E-state index contributed by atoms with van der Waals surface area (Å²) in [4.78, 5) is 22.9. The minimum atomic E-state index is -1.45. The van der Waals surface area contributed by atoms with Gasteiger partial charge in [-0.25, -0.2) is 9.59 Å². The summed E-state index contributed by atoms with van der Waals surface area (Å²) in [5.74, 6) is -0.894. The Bertz CT molecular complexity index is 589. The predicted molar refractivity (Wildman–Crippen MR) is 83.5 cm³/mol. The van der Waals surface area contributed by atoms with Crippen LogP contribution in [0.4, 0.5) is 4.79 Å². The summed E-state index contributed by atoms with van der Waals surface area (Å²) in [6.07, 6.45) is -0.621. The molecule has 0 heterocycles. The van der Waals surface area contributed by atoms with Crippen molar-refractivity contribution in [2.45, 2.75) is 52.4 Å². The molecule has 1 aromatic rings. The Morgan fingerprint density at radius 3 is 2.30 bits per heavy atom. The number of phenolic OH excluding ortho intramolecular Hbond substituents is 1. The van der Waals surface area contributed by atoms with Gasteiger partial charge in [0.1, 0.15) is 17.1 Å². The van der Waals surface area contributed by atoms with E-state index in [4.69, 9.17) is 14.6 Å². The van der Waals surface area contributed by atoms with Crippen molar-refractivity contribution in [1.29, 1.82) is 0 Å². The van der Waals surface area contributed by atoms with Gasteiger partial charge in [-0.1, -0.05) is 0 Å². The fourth-order valence-electron chi connectivity index (χ4n) is 1.60. The average Bonchev–Trinajstić information content (AvgIpc) is 2.36. The van der Waals surface area contributed by atoms with Crippen LogP contribution in [0.25, 0.3) is 0 Å². The maximum atomic E-state index is 11.7. The molecule has 0 saturated heterocycles. The highest BCUT2D eigenvalue weighted by Gasteiger charge is 2.30. The van der Waals surface area contributed by atoms with E-state index in [9.17, 15) is 14.7 Å². The van der Waals surface area contributed by atoms with Crippen LogP contribution in [0.3, 0.4) is 0 Å². The normalized spacial score (nSPS) is 11.7. The Morgan fingerprint density at radius 1 is 1.17 bits per heavy atom. The van der Waals surface area contributed by atoms with Crippen LogP contribution >= 0.6 is 0 Å². The number of aromatic hydroxyl groups is 1. The maximum absolute atomic E-state index is 11.7. The molecule has 0 unspecified atom stereocenters. The number of carboxylic acid groups (broad SMARTS) is 1. The molecule has 1 rings (SSSR count). The van der Waals surface area contributed by atoms with Gasteiger partial charge in [0.15, 0.2) is 5.60 Å². The molecule has 0 saturated carbocycles. The first-order valence-electron chi connectivity index (χ1n) is 7.12. The molecule has 0 aliphatic rings. The molecular weight excluding hydrogens is 302 g/mol. The summed E-state index contributed by atoms with van der Waals surface area (Å²) in [6, 6.07) is 4.22. The first-order valence-corrected chi connectivity index (χ1v) is 7.12. The third-order valence-electron chi connectivity index (χ3n) is 2.75. The van der Waals surface area contributed by atoms with Gasteiger partial charge in [-0.05, 0) is 52.8 Å². The number of carbonyl (C=O) groups excluding carboxylic acids is 1. The molecule has 3 N–H and O–H groups in total. The zero-order chi connectivity index (χ0) is 17.8. The Morgan fingerprint density at radius 2 is 1.78 bits per heavy atom. The van der Waals surface area contributed by atoms with Crippen LogP contribution < -0.4 is 10.1 Å². The fraction of sp³-hybridized carbons (Fsp3) is 0.500. The summed E-state index contributed by atoms with van der Waals surface area (Å²) in [6.45, 7) is 8.06. The van der Waals surface area contributed by atoms with E-state index in [1.54, 1.807) is 20.8 Å². The smallest absolute Gasteiger partial charge is 0.407 e. The van der Waals surface area contributed by atoms with E-state index in [2.05, 4.69) is 5.32 Å². The second-order valence-electron chi connectivity index (χ2n) is 6.56. The van der Waals surface area contributed by atoms with E-state index in [0.717, 1.165) is 0 Å². The minimum Gasteiger partial charge on any atom is -0.508 e. The Balaban J connectivity index is 2.88. The molecule has 128 valence electrons. The van der Waals surface area contributed by atoms with Gasteiger partial charge in [0.2, 0.25) is 0 Å². The molecular formula is C16H23NO6. The standard InChI is InChI=1S/C16H23NO6/c1-15(2,3)23-14(21)17-9-10-8-11(18)6-7-12(10)22-16(4,5)13(19)20/h6-8,18H,9H2,1-5H3,(H,17,21)(H,19,20). The topological polar surface area (TPSA) is 105 Å². The van der Waals surface area contributed by atoms with Crippen molar-refractivity contribution in [3.63, 3.8) is 0 Å². The molecule has 0 radical (unpaired) electrons. The SMILES string of the molecule is CC(C)(C)OC(=O)NCc1cc(O)ccc1OC(C)(C)C(=O)O. The Kier molecular flexibility index (Phi) is 5.47. The zero-order valence-electron chi connectivity index (χ0n) is 14.0. The average molecular weight is 325 g/mol. The van der Waals surface area contributed by atoms with Crippen LogP contribution in [0.1, 0.15) is 40.2 Å². The largest absolute Gasteiger partial charge is 0.508 e. The predicted octanol–water partition coefficient (Wildman–Crippen LogP) is 2.66. The van der Waals surface area contributed by atoms with E-state index < -0.39 is 23.3 Å². The number of hydrogen-bond acceptors (Lipinski definition) is 5. The fourth-order valence-corrected chi connectivity index (χ4v) is 1.60. The highest BCUT2D eigenvalue weighted by atomic mass is 16.6. The van der Waals surface area contributed by atoms with Crippen LogP contribution in [0.15, 0.2) is 18.2 Å². The molecule has 0 aromatic heterocycles. The molecule has 1 aromatic carbocycles. The van der Waals surface area contributed by atoms with Crippen LogP contribution in [0.2, 0.25) is 0 Å². The number of benzene rings is 1. The van der Waals surface area contributed by atoms with Gasteiger partial charge in [0.05, 0.1) is 0 Å². The molecule has 7 nitrogen and oxygen atoms in total. The van der Waals surface area contributed by atoms with E-state index in [-0.39, 0.29) is 18.0 Å². The highest BCUT2D eigenvalue weighted by molar-refractivity contribution is 5.77. The highest BCUT2D eigenvalue weighted by Crippen LogP contribution is 2.27. The Hall–Kier alpha value is -2.44. The lowest BCUT2D eigenvalue weighted by molar-refractivity contribution is -0.152. The Labute approximate surface area is 135 Å². The molecule has 0 spiro atoms. The van der Waals surface area contributed by atoms with Crippen LogP contribution in [-0.2, 0) is 16.1 Å². The summed E-state index contributed by atoms with van der Waals surface area (Å²) < 4.78 is 10.6. The van der Waals surface area contributed by atoms with Gasteiger partial charge in [-0.15, -0.1) is 0 Å². The van der Waals surface area contributed by atoms with Crippen LogP contribution in [0.5, 0.6) is 11.5 Å². The number of carbonyl (C=O) groups is 2. The maximum Gasteiger partial charge on any atom is 0.407 e. The molecule has 0 aliphatic heterocycles. The second kappa shape index (κ2) is 6.76. The number of rotatable bonds is 5. The van der Waals surface area contributed by atoms with Gasteiger partial charge in [-0.2, -0.15) is 0 Å². The summed E-state index contributed by atoms with van der Waals surface area (Å²) >= 11 is 0. The van der Waals surface area contributed by atoms with E-state index in [1.165, 1.54) is 32.0 Å². The van der Waals surface area contributed by atoms with Crippen LogP contribution in [0, 0.1) is 0 Å². The first-order chi connectivity index (χ1) is 10.4. The van der Waals surface area contributed by atoms with Gasteiger partial charge in [0.25, 0.3) is 0 Å². The minimum absolute atomic E-state index is 0.0218. The van der Waals surface area contributed by atoms with Gasteiger partial charge < -0.3 is 25.0 Å². The number of phenols is 1. The molecule has 1 amide bonds. The van der Waals surface area contributed by atoms with Crippen molar-refractivity contribution in [2.75, 3.05) is 0 Å². The lowest BCUT2D eigenvalue weighted by Crippen LogP contribution is -2.38. The van der Waals surface area contributed by atoms with Crippen molar-refractivity contribution < 1.29 is 29.3 Å². The molecule has 0 aliphatic carbocycles. The van der Waals surface area contributed by atoms with E-state index >= 15 is 0 Å². The number of aliphatic carboxylic acids is 1. The number of nitrogens with one attached hydrogen (secondary N) is 1. The summed E-state index contributed by atoms with van der Waals surface area (Å²) in [7, 11) is 0. The molecule has 0 bridgehead atoms. The number of alkyl carbamates (subject to hydrolysis) is 1. The van der Waals surface area contributed by atoms with Crippen molar-refractivity contribution in [3.05, 3.63) is 23.8 Å². The number of ether oxygens (including phenoxy) is 2. The molecule has 0 fully saturated rings. The quantitative estimate of drug-likeness (QED) is 0.768. The summed E-state index contributed by atoms with van der Waals surface area (Å²) in [5, 5.41) is 21.2. The summed E-state index contributed by atoms with van der Waals surface area (Å²) in [5.41, 5.74) is -1.64. The number of carboxylic acids is 1. The van der Waals surface area contributed by atoms with Crippen molar-refractivity contribution in [1.82, 2.24) is 5.32 Å². The second-order valence-corrected chi connectivity index (χ2v) is 6.56. The van der Waals surface area contributed by atoms with Gasteiger partial charge >= 0.3 is 12.1 Å². The van der Waals surface area contributed by atoms with Crippen molar-refractivity contribution in [2.24, 2.45) is 0 Å². The van der Waals surface area contributed by atoms with Crippen molar-refractivity contribution >= 4 is 12.1 Å². The monoisotopic (exact) mass is 325 g/mol. The lowest BCUT2D eigenvalue weighted by atomic mass is 10.1. The third kappa shape index (κ3) is 6.06. The number of hydrogen-bond donors (Lipinski definition) is 3. The first kappa shape index (κ1) is 18.6. The van der Waals surface area contributed by atoms with E-state index in [0.29, 0.717) is 5.56 Å².